The zero-order chi connectivity index (χ0) is 12.1. The molecule has 3 aliphatic rings. The highest BCUT2D eigenvalue weighted by Crippen LogP contribution is 2.54. The minimum Gasteiger partial charge on any atom is -0.0587 e. The van der Waals surface area contributed by atoms with Crippen molar-refractivity contribution in [3.05, 3.63) is 64.3 Å². The van der Waals surface area contributed by atoms with Gasteiger partial charge in [0, 0.05) is 0 Å². The molecule has 0 nitrogen and oxygen atoms in total. The summed E-state index contributed by atoms with van der Waals surface area (Å²) in [4.78, 5) is 0. The SMILES string of the molecule is Cc1ccc(C=C2C=C3C(=C2)[C@H]2CC[C@H]3C2)cc1. The average Bonchev–Trinajstić information content (AvgIpc) is 3.03. The maximum Gasteiger partial charge on any atom is -0.0153 e. The summed E-state index contributed by atoms with van der Waals surface area (Å²) in [6, 6.07) is 8.79. The van der Waals surface area contributed by atoms with Crippen LogP contribution in [-0.2, 0) is 0 Å². The molecule has 0 amide bonds. The lowest BCUT2D eigenvalue weighted by molar-refractivity contribution is 0.658. The summed E-state index contributed by atoms with van der Waals surface area (Å²) in [7, 11) is 0. The van der Waals surface area contributed by atoms with E-state index in [1.54, 1.807) is 11.1 Å². The first-order valence-electron chi connectivity index (χ1n) is 7.01. The van der Waals surface area contributed by atoms with Gasteiger partial charge in [0.2, 0.25) is 0 Å². The molecule has 0 unspecified atom stereocenters. The van der Waals surface area contributed by atoms with Gasteiger partial charge in [-0.3, -0.25) is 0 Å². The normalized spacial score (nSPS) is 28.2. The van der Waals surface area contributed by atoms with Gasteiger partial charge in [0.1, 0.15) is 0 Å². The van der Waals surface area contributed by atoms with Crippen molar-refractivity contribution >= 4 is 6.08 Å². The molecule has 4 rings (SSSR count). The first-order chi connectivity index (χ1) is 8.79. The van der Waals surface area contributed by atoms with Gasteiger partial charge in [0.15, 0.2) is 0 Å². The first-order valence-corrected chi connectivity index (χ1v) is 7.01. The summed E-state index contributed by atoms with van der Waals surface area (Å²) in [5, 5.41) is 0. The molecule has 0 radical (unpaired) electrons. The molecule has 0 aromatic heterocycles. The Balaban J connectivity index is 1.69. The number of allylic oxidation sites excluding steroid dienone is 5. The molecule has 1 aromatic carbocycles. The minimum absolute atomic E-state index is 0.880. The highest BCUT2D eigenvalue weighted by atomic mass is 14.4. The molecule has 0 spiro atoms. The van der Waals surface area contributed by atoms with E-state index in [0.717, 1.165) is 11.8 Å². The van der Waals surface area contributed by atoms with Gasteiger partial charge in [0.25, 0.3) is 0 Å². The maximum absolute atomic E-state index is 2.43. The fourth-order valence-corrected chi connectivity index (χ4v) is 3.76. The molecule has 0 aliphatic heterocycles. The molecule has 2 atom stereocenters. The molecule has 18 heavy (non-hydrogen) atoms. The van der Waals surface area contributed by atoms with Crippen LogP contribution in [0.15, 0.2) is 53.1 Å². The Bertz CT molecular complexity index is 553. The van der Waals surface area contributed by atoms with E-state index >= 15 is 0 Å². The molecular formula is C18H18. The Morgan fingerprint density at radius 2 is 1.56 bits per heavy atom. The number of benzene rings is 1. The zero-order valence-electron chi connectivity index (χ0n) is 10.8. The van der Waals surface area contributed by atoms with E-state index in [0.29, 0.717) is 0 Å². The summed E-state index contributed by atoms with van der Waals surface area (Å²) in [6.45, 7) is 2.14. The van der Waals surface area contributed by atoms with Gasteiger partial charge in [-0.25, -0.2) is 0 Å². The third kappa shape index (κ3) is 1.52. The summed E-state index contributed by atoms with van der Waals surface area (Å²) >= 11 is 0. The van der Waals surface area contributed by atoms with E-state index in [4.69, 9.17) is 0 Å². The summed E-state index contributed by atoms with van der Waals surface area (Å²) in [5.74, 6) is 1.76. The van der Waals surface area contributed by atoms with Crippen molar-refractivity contribution in [1.82, 2.24) is 0 Å². The minimum atomic E-state index is 0.880. The molecular weight excluding hydrogens is 216 g/mol. The summed E-state index contributed by atoms with van der Waals surface area (Å²) in [5.41, 5.74) is 7.36. The largest absolute Gasteiger partial charge is 0.0587 e. The van der Waals surface area contributed by atoms with E-state index < -0.39 is 0 Å². The van der Waals surface area contributed by atoms with Crippen molar-refractivity contribution in [3.63, 3.8) is 0 Å². The van der Waals surface area contributed by atoms with Gasteiger partial charge >= 0.3 is 0 Å². The Labute approximate surface area is 109 Å². The number of rotatable bonds is 1. The average molecular weight is 234 g/mol. The molecule has 2 saturated carbocycles. The van der Waals surface area contributed by atoms with Crippen molar-refractivity contribution in [2.24, 2.45) is 11.8 Å². The van der Waals surface area contributed by atoms with Crippen LogP contribution < -0.4 is 0 Å². The van der Waals surface area contributed by atoms with E-state index in [1.165, 1.54) is 36.0 Å². The predicted molar refractivity (Wildman–Crippen MR) is 76.2 cm³/mol. The van der Waals surface area contributed by atoms with Gasteiger partial charge in [-0.15, -0.1) is 0 Å². The second-order valence-corrected chi connectivity index (χ2v) is 5.96. The van der Waals surface area contributed by atoms with Crippen molar-refractivity contribution in [2.75, 3.05) is 0 Å². The molecule has 0 heterocycles. The topological polar surface area (TPSA) is 0 Å². The van der Waals surface area contributed by atoms with Crippen molar-refractivity contribution in [2.45, 2.75) is 26.2 Å². The Morgan fingerprint density at radius 1 is 0.944 bits per heavy atom. The van der Waals surface area contributed by atoms with Crippen molar-refractivity contribution < 1.29 is 0 Å². The summed E-state index contributed by atoms with van der Waals surface area (Å²) < 4.78 is 0. The van der Waals surface area contributed by atoms with Crippen LogP contribution in [0, 0.1) is 18.8 Å². The highest BCUT2D eigenvalue weighted by Gasteiger charge is 2.40. The standard InChI is InChI=1S/C18H18/c1-12-2-4-13(5-3-12)8-14-9-17-15-6-7-16(11-15)18(17)10-14/h2-5,8-10,15-16H,6-7,11H2,1H3/t15-,16-/m0/s1. The smallest absolute Gasteiger partial charge is 0.0153 e. The zero-order valence-corrected chi connectivity index (χ0v) is 10.8. The summed E-state index contributed by atoms with van der Waals surface area (Å²) in [6.07, 6.45) is 11.4. The quantitative estimate of drug-likeness (QED) is 0.662. The van der Waals surface area contributed by atoms with E-state index in [9.17, 15) is 0 Å². The molecule has 0 N–H and O–H groups in total. The predicted octanol–water partition coefficient (Wildman–Crippen LogP) is 4.67. The van der Waals surface area contributed by atoms with Crippen LogP contribution in [0.4, 0.5) is 0 Å². The molecule has 2 bridgehead atoms. The molecule has 2 fully saturated rings. The highest BCUT2D eigenvalue weighted by molar-refractivity contribution is 5.67. The third-order valence-electron chi connectivity index (χ3n) is 4.70. The van der Waals surface area contributed by atoms with E-state index in [1.807, 2.05) is 0 Å². The van der Waals surface area contributed by atoms with E-state index in [2.05, 4.69) is 49.4 Å². The lowest BCUT2D eigenvalue weighted by Gasteiger charge is -2.12. The molecule has 0 heteroatoms. The van der Waals surface area contributed by atoms with E-state index in [-0.39, 0.29) is 0 Å². The molecule has 3 aliphatic carbocycles. The fourth-order valence-electron chi connectivity index (χ4n) is 3.76. The van der Waals surface area contributed by atoms with Gasteiger partial charge in [0.05, 0.1) is 0 Å². The number of fused-ring (bicyclic) bond motifs is 5. The third-order valence-corrected chi connectivity index (χ3v) is 4.70. The Kier molecular flexibility index (Phi) is 2.14. The molecule has 90 valence electrons. The number of aryl methyl sites for hydroxylation is 1. The lowest BCUT2D eigenvalue weighted by Crippen LogP contribution is -1.99. The van der Waals surface area contributed by atoms with Gasteiger partial charge in [-0.2, -0.15) is 0 Å². The van der Waals surface area contributed by atoms with Crippen LogP contribution in [0.5, 0.6) is 0 Å². The van der Waals surface area contributed by atoms with Crippen molar-refractivity contribution in [3.8, 4) is 0 Å². The van der Waals surface area contributed by atoms with Crippen LogP contribution >= 0.6 is 0 Å². The van der Waals surface area contributed by atoms with Crippen molar-refractivity contribution in [1.29, 1.82) is 0 Å². The number of hydrogen-bond acceptors (Lipinski definition) is 0. The van der Waals surface area contributed by atoms with Crippen LogP contribution in [0.2, 0.25) is 0 Å². The van der Waals surface area contributed by atoms with Crippen LogP contribution in [0.1, 0.15) is 30.4 Å². The second kappa shape index (κ2) is 3.71. The van der Waals surface area contributed by atoms with Gasteiger partial charge < -0.3 is 0 Å². The van der Waals surface area contributed by atoms with Gasteiger partial charge in [-0.1, -0.05) is 42.0 Å². The monoisotopic (exact) mass is 234 g/mol. The molecule has 0 saturated heterocycles. The Hall–Kier alpha value is -1.56. The van der Waals surface area contributed by atoms with Crippen LogP contribution in [-0.4, -0.2) is 0 Å². The fraction of sp³-hybridized carbons (Fsp3) is 0.333. The first kappa shape index (κ1) is 10.4. The van der Waals surface area contributed by atoms with Crippen LogP contribution in [0.25, 0.3) is 6.08 Å². The van der Waals surface area contributed by atoms with Crippen LogP contribution in [0.3, 0.4) is 0 Å². The number of hydrogen-bond donors (Lipinski definition) is 0. The second-order valence-electron chi connectivity index (χ2n) is 5.96. The molecule has 1 aromatic rings. The Morgan fingerprint density at radius 3 is 2.17 bits per heavy atom. The lowest BCUT2D eigenvalue weighted by atomic mass is 9.92. The maximum atomic E-state index is 2.43. The van der Waals surface area contributed by atoms with Gasteiger partial charge in [-0.05, 0) is 66.4 Å².